The highest BCUT2D eigenvalue weighted by Crippen LogP contribution is 2.18. The molecule has 6 heteroatoms. The normalized spacial score (nSPS) is 10.2. The highest BCUT2D eigenvalue weighted by molar-refractivity contribution is 5.85. The minimum atomic E-state index is -0.428. The molecule has 0 aromatic heterocycles. The number of unbranched alkanes of at least 4 members (excludes halogenated alkanes) is 3. The fraction of sp³-hybridized carbons (Fsp3) is 0.632. The maximum Gasteiger partial charge on any atom is 0.411 e. The van der Waals surface area contributed by atoms with Crippen LogP contribution < -0.4 is 10.1 Å². The number of rotatable bonds is 12. The van der Waals surface area contributed by atoms with E-state index in [4.69, 9.17) is 9.47 Å². The molecule has 0 heterocycles. The first-order valence-corrected chi connectivity index (χ1v) is 9.08. The highest BCUT2D eigenvalue weighted by Gasteiger charge is 2.06. The maximum absolute atomic E-state index is 11.8. The van der Waals surface area contributed by atoms with Crippen LogP contribution in [0.4, 0.5) is 10.5 Å². The molecule has 1 amide bonds. The van der Waals surface area contributed by atoms with Gasteiger partial charge in [-0.3, -0.25) is 5.32 Å². The number of amides is 1. The van der Waals surface area contributed by atoms with Crippen molar-refractivity contribution in [2.75, 3.05) is 38.2 Å². The second-order valence-corrected chi connectivity index (χ2v) is 5.72. The number of ether oxygens (including phenoxy) is 2. The number of hydrogen-bond donors (Lipinski definition) is 1. The van der Waals surface area contributed by atoms with Crippen LogP contribution in [-0.4, -0.2) is 43.8 Å². The van der Waals surface area contributed by atoms with Gasteiger partial charge in [0.05, 0.1) is 6.61 Å². The number of nitrogens with one attached hydrogen (secondary N) is 1. The molecule has 0 unspecified atom stereocenters. The Morgan fingerprint density at radius 1 is 1.08 bits per heavy atom. The van der Waals surface area contributed by atoms with E-state index in [2.05, 4.69) is 31.0 Å². The van der Waals surface area contributed by atoms with E-state index in [1.54, 1.807) is 0 Å². The quantitative estimate of drug-likeness (QED) is 0.527. The van der Waals surface area contributed by atoms with Crippen LogP contribution in [0.2, 0.25) is 0 Å². The number of anilines is 1. The number of carbonyl (C=O) groups is 1. The molecular formula is C19H33ClN2O3. The van der Waals surface area contributed by atoms with Gasteiger partial charge in [-0.2, -0.15) is 0 Å². The van der Waals surface area contributed by atoms with Gasteiger partial charge in [0.2, 0.25) is 0 Å². The smallest absolute Gasteiger partial charge is 0.411 e. The second kappa shape index (κ2) is 14.8. The first kappa shape index (κ1) is 23.5. The molecule has 0 radical (unpaired) electrons. The largest absolute Gasteiger partial charge is 0.494 e. The molecule has 0 atom stereocenters. The molecule has 0 saturated heterocycles. The lowest BCUT2D eigenvalue weighted by Crippen LogP contribution is -2.28. The third-order valence-electron chi connectivity index (χ3n) is 3.88. The molecule has 5 nitrogen and oxygen atoms in total. The number of hydrogen-bond acceptors (Lipinski definition) is 4. The molecule has 0 bridgehead atoms. The van der Waals surface area contributed by atoms with Gasteiger partial charge < -0.3 is 14.4 Å². The number of halogens is 1. The van der Waals surface area contributed by atoms with Crippen molar-refractivity contribution < 1.29 is 14.3 Å². The number of carbonyl (C=O) groups excluding carboxylic acids is 1. The number of benzene rings is 1. The van der Waals surface area contributed by atoms with Gasteiger partial charge in [0.15, 0.2) is 0 Å². The van der Waals surface area contributed by atoms with Crippen molar-refractivity contribution in [2.45, 2.75) is 46.5 Å². The topological polar surface area (TPSA) is 50.8 Å². The SMILES string of the molecule is CCCCCCOc1cccc(NC(=O)OCCN(CC)CC)c1.Cl. The Balaban J connectivity index is 0.00000576. The average Bonchev–Trinajstić information content (AvgIpc) is 2.59. The van der Waals surface area contributed by atoms with Gasteiger partial charge >= 0.3 is 6.09 Å². The summed E-state index contributed by atoms with van der Waals surface area (Å²) in [5.41, 5.74) is 0.689. The van der Waals surface area contributed by atoms with Gasteiger partial charge in [0.1, 0.15) is 12.4 Å². The Hall–Kier alpha value is -1.46. The van der Waals surface area contributed by atoms with Crippen molar-refractivity contribution >= 4 is 24.2 Å². The molecule has 0 fully saturated rings. The van der Waals surface area contributed by atoms with E-state index in [0.717, 1.165) is 31.8 Å². The molecule has 0 aliphatic carbocycles. The van der Waals surface area contributed by atoms with Crippen LogP contribution in [0.25, 0.3) is 0 Å². The van der Waals surface area contributed by atoms with E-state index < -0.39 is 6.09 Å². The first-order valence-electron chi connectivity index (χ1n) is 9.08. The van der Waals surface area contributed by atoms with E-state index >= 15 is 0 Å². The van der Waals surface area contributed by atoms with Crippen LogP contribution >= 0.6 is 12.4 Å². The molecule has 1 aromatic rings. The molecule has 1 aromatic carbocycles. The van der Waals surface area contributed by atoms with Crippen molar-refractivity contribution in [3.05, 3.63) is 24.3 Å². The van der Waals surface area contributed by atoms with E-state index in [1.165, 1.54) is 19.3 Å². The molecule has 144 valence electrons. The number of likely N-dealkylation sites (N-methyl/N-ethyl adjacent to an activating group) is 1. The van der Waals surface area contributed by atoms with Gasteiger partial charge in [-0.25, -0.2) is 4.79 Å². The van der Waals surface area contributed by atoms with Crippen molar-refractivity contribution in [3.63, 3.8) is 0 Å². The van der Waals surface area contributed by atoms with Gasteiger partial charge in [0.25, 0.3) is 0 Å². The molecule has 0 aliphatic rings. The molecular weight excluding hydrogens is 340 g/mol. The van der Waals surface area contributed by atoms with Gasteiger partial charge in [-0.1, -0.05) is 46.1 Å². The minimum absolute atomic E-state index is 0. The van der Waals surface area contributed by atoms with Crippen LogP contribution in [0, 0.1) is 0 Å². The summed E-state index contributed by atoms with van der Waals surface area (Å²) in [6, 6.07) is 7.42. The zero-order valence-electron chi connectivity index (χ0n) is 15.8. The van der Waals surface area contributed by atoms with E-state index in [0.29, 0.717) is 18.9 Å². The molecule has 1 rings (SSSR count). The maximum atomic E-state index is 11.8. The first-order chi connectivity index (χ1) is 11.7. The third-order valence-corrected chi connectivity index (χ3v) is 3.88. The predicted molar refractivity (Wildman–Crippen MR) is 106 cm³/mol. The summed E-state index contributed by atoms with van der Waals surface area (Å²) in [6.07, 6.45) is 4.27. The molecule has 0 saturated carbocycles. The van der Waals surface area contributed by atoms with E-state index in [9.17, 15) is 4.79 Å². The summed E-state index contributed by atoms with van der Waals surface area (Å²) in [7, 11) is 0. The van der Waals surface area contributed by atoms with Crippen LogP contribution in [0.3, 0.4) is 0 Å². The fourth-order valence-electron chi connectivity index (χ4n) is 2.34. The van der Waals surface area contributed by atoms with Crippen LogP contribution in [-0.2, 0) is 4.74 Å². The van der Waals surface area contributed by atoms with Crippen LogP contribution in [0.1, 0.15) is 46.5 Å². The Labute approximate surface area is 158 Å². The lowest BCUT2D eigenvalue weighted by molar-refractivity contribution is 0.142. The van der Waals surface area contributed by atoms with E-state index in [-0.39, 0.29) is 12.4 Å². The van der Waals surface area contributed by atoms with Crippen molar-refractivity contribution in [1.29, 1.82) is 0 Å². The second-order valence-electron chi connectivity index (χ2n) is 5.72. The molecule has 0 spiro atoms. The Bertz CT molecular complexity index is 468. The van der Waals surface area contributed by atoms with Crippen molar-refractivity contribution in [1.82, 2.24) is 4.90 Å². The van der Waals surface area contributed by atoms with Crippen LogP contribution in [0.5, 0.6) is 5.75 Å². The van der Waals surface area contributed by atoms with Gasteiger partial charge in [-0.05, 0) is 31.6 Å². The highest BCUT2D eigenvalue weighted by atomic mass is 35.5. The lowest BCUT2D eigenvalue weighted by atomic mass is 10.2. The zero-order chi connectivity index (χ0) is 17.6. The fourth-order valence-corrected chi connectivity index (χ4v) is 2.34. The predicted octanol–water partition coefficient (Wildman–Crippen LogP) is 4.96. The Morgan fingerprint density at radius 3 is 2.52 bits per heavy atom. The Kier molecular flexibility index (Phi) is 14.0. The Morgan fingerprint density at radius 2 is 1.84 bits per heavy atom. The summed E-state index contributed by atoms with van der Waals surface area (Å²) in [4.78, 5) is 14.0. The minimum Gasteiger partial charge on any atom is -0.494 e. The lowest BCUT2D eigenvalue weighted by Gasteiger charge is -2.17. The summed E-state index contributed by atoms with van der Waals surface area (Å²) < 4.78 is 10.9. The van der Waals surface area contributed by atoms with Crippen molar-refractivity contribution in [2.24, 2.45) is 0 Å². The average molecular weight is 373 g/mol. The zero-order valence-corrected chi connectivity index (χ0v) is 16.6. The summed E-state index contributed by atoms with van der Waals surface area (Å²) in [5.74, 6) is 0.771. The van der Waals surface area contributed by atoms with Gasteiger partial charge in [-0.15, -0.1) is 12.4 Å². The van der Waals surface area contributed by atoms with Gasteiger partial charge in [0, 0.05) is 18.3 Å². The molecule has 0 aliphatic heterocycles. The van der Waals surface area contributed by atoms with E-state index in [1.807, 2.05) is 24.3 Å². The monoisotopic (exact) mass is 372 g/mol. The van der Waals surface area contributed by atoms with Crippen LogP contribution in [0.15, 0.2) is 24.3 Å². The standard InChI is InChI=1S/C19H32N2O3.ClH/c1-4-7-8-9-14-23-18-12-10-11-17(16-18)20-19(22)24-15-13-21(5-2)6-3;/h10-12,16H,4-9,13-15H2,1-3H3,(H,20,22);1H. The molecule has 25 heavy (non-hydrogen) atoms. The third kappa shape index (κ3) is 10.9. The summed E-state index contributed by atoms with van der Waals surface area (Å²) >= 11 is 0. The summed E-state index contributed by atoms with van der Waals surface area (Å²) in [6.45, 7) is 10.1. The van der Waals surface area contributed by atoms with Crippen molar-refractivity contribution in [3.8, 4) is 5.75 Å². The summed E-state index contributed by atoms with van der Waals surface area (Å²) in [5, 5.41) is 2.74. The molecule has 1 N–H and O–H groups in total. The number of nitrogens with zero attached hydrogens (tertiary/aromatic N) is 1.